The molecule has 0 aromatic heterocycles. The zero-order valence-corrected chi connectivity index (χ0v) is 12.0. The molecule has 2 nitrogen and oxygen atoms in total. The Bertz CT molecular complexity index is 305. The highest BCUT2D eigenvalue weighted by Gasteiger charge is 1.97. The van der Waals surface area contributed by atoms with Gasteiger partial charge in [-0.15, -0.1) is 0 Å². The molecule has 0 fully saturated rings. The average Bonchev–Trinajstić information content (AvgIpc) is 2.36. The van der Waals surface area contributed by atoms with E-state index in [4.69, 9.17) is 4.74 Å². The van der Waals surface area contributed by atoms with Gasteiger partial charge in [-0.1, -0.05) is 51.5 Å². The molecule has 1 N–H and O–H groups in total. The highest BCUT2D eigenvalue weighted by Crippen LogP contribution is 2.06. The second-order valence-corrected chi connectivity index (χ2v) is 5.25. The zero-order chi connectivity index (χ0) is 13.2. The highest BCUT2D eigenvalue weighted by molar-refractivity contribution is 5.21. The highest BCUT2D eigenvalue weighted by atomic mass is 16.5. The largest absolute Gasteiger partial charge is 0.377 e. The maximum absolute atomic E-state index is 5.60. The Labute approximate surface area is 112 Å². The third-order valence-electron chi connectivity index (χ3n) is 2.82. The molecule has 0 aliphatic heterocycles. The molecule has 1 aromatic carbocycles. The lowest BCUT2D eigenvalue weighted by atomic mass is 10.1. The fourth-order valence-electron chi connectivity index (χ4n) is 1.69. The van der Waals surface area contributed by atoms with Crippen LogP contribution in [0.15, 0.2) is 24.3 Å². The van der Waals surface area contributed by atoms with Crippen molar-refractivity contribution in [1.29, 1.82) is 0 Å². The summed E-state index contributed by atoms with van der Waals surface area (Å²) in [5, 5.41) is 3.45. The minimum absolute atomic E-state index is 0.705. The van der Waals surface area contributed by atoms with E-state index in [0.717, 1.165) is 32.7 Å². The molecule has 0 spiro atoms. The molecule has 0 amide bonds. The molecule has 1 aromatic rings. The van der Waals surface area contributed by atoms with Crippen molar-refractivity contribution < 1.29 is 4.74 Å². The monoisotopic (exact) mass is 249 g/mol. The molecule has 2 heteroatoms. The molecule has 0 saturated carbocycles. The van der Waals surface area contributed by atoms with E-state index in [2.05, 4.69) is 50.4 Å². The van der Waals surface area contributed by atoms with Gasteiger partial charge in [-0.2, -0.15) is 0 Å². The molecule has 102 valence electrons. The summed E-state index contributed by atoms with van der Waals surface area (Å²) in [5.41, 5.74) is 2.60. The van der Waals surface area contributed by atoms with Crippen LogP contribution in [0.3, 0.4) is 0 Å². The van der Waals surface area contributed by atoms with Crippen LogP contribution in [0.25, 0.3) is 0 Å². The number of hydrogen-bond donors (Lipinski definition) is 1. The Kier molecular flexibility index (Phi) is 7.70. The fourth-order valence-corrected chi connectivity index (χ4v) is 1.69. The third-order valence-corrected chi connectivity index (χ3v) is 2.82. The van der Waals surface area contributed by atoms with Gasteiger partial charge in [0.15, 0.2) is 0 Å². The van der Waals surface area contributed by atoms with Crippen LogP contribution in [-0.2, 0) is 17.9 Å². The Hall–Kier alpha value is -0.860. The molecule has 0 bridgehead atoms. The zero-order valence-electron chi connectivity index (χ0n) is 12.0. The first-order valence-corrected chi connectivity index (χ1v) is 7.08. The standard InChI is InChI=1S/C16H27NO/c1-4-5-10-18-13-16-8-6-15(7-9-16)12-17-11-14(2)3/h6-9,14,17H,4-5,10-13H2,1-3H3. The molecule has 0 saturated heterocycles. The molecular weight excluding hydrogens is 222 g/mol. The predicted molar refractivity (Wildman–Crippen MR) is 77.6 cm³/mol. The second-order valence-electron chi connectivity index (χ2n) is 5.25. The number of nitrogens with one attached hydrogen (secondary N) is 1. The molecule has 0 unspecified atom stereocenters. The van der Waals surface area contributed by atoms with E-state index >= 15 is 0 Å². The molecule has 18 heavy (non-hydrogen) atoms. The van der Waals surface area contributed by atoms with Crippen LogP contribution in [0.4, 0.5) is 0 Å². The van der Waals surface area contributed by atoms with Crippen molar-refractivity contribution in [2.45, 2.75) is 46.8 Å². The molecule has 0 radical (unpaired) electrons. The van der Waals surface area contributed by atoms with Gasteiger partial charge in [0.25, 0.3) is 0 Å². The predicted octanol–water partition coefficient (Wildman–Crippen LogP) is 3.75. The van der Waals surface area contributed by atoms with Gasteiger partial charge in [-0.3, -0.25) is 0 Å². The lowest BCUT2D eigenvalue weighted by Gasteiger charge is -2.08. The van der Waals surface area contributed by atoms with Gasteiger partial charge in [0.2, 0.25) is 0 Å². The minimum Gasteiger partial charge on any atom is -0.377 e. The third kappa shape index (κ3) is 6.77. The quantitative estimate of drug-likeness (QED) is 0.673. The van der Waals surface area contributed by atoms with E-state index in [1.54, 1.807) is 0 Å². The molecule has 1 rings (SSSR count). The van der Waals surface area contributed by atoms with Crippen molar-refractivity contribution in [3.8, 4) is 0 Å². The van der Waals surface area contributed by atoms with Gasteiger partial charge in [0.05, 0.1) is 6.61 Å². The first-order chi connectivity index (χ1) is 8.72. The van der Waals surface area contributed by atoms with Crippen molar-refractivity contribution in [2.24, 2.45) is 5.92 Å². The van der Waals surface area contributed by atoms with Crippen molar-refractivity contribution >= 4 is 0 Å². The van der Waals surface area contributed by atoms with E-state index in [1.807, 2.05) is 0 Å². The summed E-state index contributed by atoms with van der Waals surface area (Å²) in [6.45, 7) is 10.3. The SMILES string of the molecule is CCCCOCc1ccc(CNCC(C)C)cc1. The number of hydrogen-bond acceptors (Lipinski definition) is 2. The summed E-state index contributed by atoms with van der Waals surface area (Å²) in [6.07, 6.45) is 2.34. The summed E-state index contributed by atoms with van der Waals surface area (Å²) < 4.78 is 5.60. The Balaban J connectivity index is 2.24. The number of unbranched alkanes of at least 4 members (excludes halogenated alkanes) is 1. The van der Waals surface area contributed by atoms with E-state index in [9.17, 15) is 0 Å². The molecule has 0 atom stereocenters. The average molecular weight is 249 g/mol. The van der Waals surface area contributed by atoms with Crippen LogP contribution in [0.2, 0.25) is 0 Å². The Morgan fingerprint density at radius 2 is 1.78 bits per heavy atom. The fraction of sp³-hybridized carbons (Fsp3) is 0.625. The molecule has 0 aliphatic carbocycles. The van der Waals surface area contributed by atoms with Crippen LogP contribution >= 0.6 is 0 Å². The maximum Gasteiger partial charge on any atom is 0.0716 e. The summed E-state index contributed by atoms with van der Waals surface area (Å²) in [4.78, 5) is 0. The van der Waals surface area contributed by atoms with Crippen molar-refractivity contribution in [3.05, 3.63) is 35.4 Å². The topological polar surface area (TPSA) is 21.3 Å². The van der Waals surface area contributed by atoms with Crippen LogP contribution < -0.4 is 5.32 Å². The summed E-state index contributed by atoms with van der Waals surface area (Å²) in [7, 11) is 0. The van der Waals surface area contributed by atoms with E-state index in [-0.39, 0.29) is 0 Å². The van der Waals surface area contributed by atoms with Gasteiger partial charge in [-0.25, -0.2) is 0 Å². The van der Waals surface area contributed by atoms with Gasteiger partial charge >= 0.3 is 0 Å². The Morgan fingerprint density at radius 1 is 1.11 bits per heavy atom. The van der Waals surface area contributed by atoms with Crippen LogP contribution in [-0.4, -0.2) is 13.2 Å². The first-order valence-electron chi connectivity index (χ1n) is 7.08. The van der Waals surface area contributed by atoms with Gasteiger partial charge in [0, 0.05) is 13.2 Å². The van der Waals surface area contributed by atoms with Crippen molar-refractivity contribution in [3.63, 3.8) is 0 Å². The van der Waals surface area contributed by atoms with Crippen LogP contribution in [0.1, 0.15) is 44.7 Å². The smallest absolute Gasteiger partial charge is 0.0716 e. The van der Waals surface area contributed by atoms with Crippen LogP contribution in [0, 0.1) is 5.92 Å². The summed E-state index contributed by atoms with van der Waals surface area (Å²) >= 11 is 0. The van der Waals surface area contributed by atoms with E-state index in [1.165, 1.54) is 17.5 Å². The number of benzene rings is 1. The molecule has 0 aliphatic rings. The van der Waals surface area contributed by atoms with Crippen molar-refractivity contribution in [2.75, 3.05) is 13.2 Å². The maximum atomic E-state index is 5.60. The van der Waals surface area contributed by atoms with Crippen LogP contribution in [0.5, 0.6) is 0 Å². The minimum atomic E-state index is 0.705. The lowest BCUT2D eigenvalue weighted by Crippen LogP contribution is -2.18. The second kappa shape index (κ2) is 9.12. The van der Waals surface area contributed by atoms with E-state index in [0.29, 0.717) is 5.92 Å². The van der Waals surface area contributed by atoms with Crippen molar-refractivity contribution in [1.82, 2.24) is 5.32 Å². The van der Waals surface area contributed by atoms with Gasteiger partial charge in [-0.05, 0) is 30.0 Å². The first kappa shape index (κ1) is 15.2. The Morgan fingerprint density at radius 3 is 2.39 bits per heavy atom. The van der Waals surface area contributed by atoms with Gasteiger partial charge < -0.3 is 10.1 Å². The lowest BCUT2D eigenvalue weighted by molar-refractivity contribution is 0.118. The summed E-state index contributed by atoms with van der Waals surface area (Å²) in [5.74, 6) is 0.705. The normalized spacial score (nSPS) is 11.1. The summed E-state index contributed by atoms with van der Waals surface area (Å²) in [6, 6.07) is 8.70. The molecule has 0 heterocycles. The molecular formula is C16H27NO. The number of rotatable bonds is 9. The van der Waals surface area contributed by atoms with E-state index < -0.39 is 0 Å². The number of ether oxygens (including phenoxy) is 1. The van der Waals surface area contributed by atoms with Gasteiger partial charge in [0.1, 0.15) is 0 Å².